The molecule has 1 unspecified atom stereocenters. The highest BCUT2D eigenvalue weighted by molar-refractivity contribution is 4.88. The lowest BCUT2D eigenvalue weighted by atomic mass is 10.0. The Morgan fingerprint density at radius 2 is 2.00 bits per heavy atom. The first kappa shape index (κ1) is 8.48. The molecule has 0 amide bonds. The molecule has 12 heavy (non-hydrogen) atoms. The molecule has 0 aromatic heterocycles. The van der Waals surface area contributed by atoms with Crippen LogP contribution in [0.25, 0.3) is 0 Å². The average molecular weight is 170 g/mol. The van der Waals surface area contributed by atoms with Crippen LogP contribution >= 0.6 is 0 Å². The van der Waals surface area contributed by atoms with E-state index in [1.165, 1.54) is 19.3 Å². The van der Waals surface area contributed by atoms with Crippen LogP contribution in [0, 0.1) is 0 Å². The van der Waals surface area contributed by atoms with Crippen molar-refractivity contribution < 1.29 is 4.74 Å². The molecule has 0 aromatic rings. The van der Waals surface area contributed by atoms with Crippen LogP contribution in [-0.4, -0.2) is 43.3 Å². The van der Waals surface area contributed by atoms with Gasteiger partial charge >= 0.3 is 0 Å². The van der Waals surface area contributed by atoms with E-state index >= 15 is 0 Å². The molecular weight excluding hydrogens is 152 g/mol. The Morgan fingerprint density at radius 3 is 2.75 bits per heavy atom. The Labute approximate surface area is 73.9 Å². The molecule has 2 saturated heterocycles. The highest BCUT2D eigenvalue weighted by Gasteiger charge is 2.29. The van der Waals surface area contributed by atoms with E-state index < -0.39 is 0 Å². The van der Waals surface area contributed by atoms with Crippen molar-refractivity contribution in [3.63, 3.8) is 0 Å². The summed E-state index contributed by atoms with van der Waals surface area (Å²) in [4.78, 5) is 2.50. The van der Waals surface area contributed by atoms with Crippen LogP contribution < -0.4 is 5.73 Å². The zero-order chi connectivity index (χ0) is 8.39. The Hall–Kier alpha value is -0.120. The second-order valence-corrected chi connectivity index (χ2v) is 3.91. The molecule has 2 fully saturated rings. The Kier molecular flexibility index (Phi) is 2.63. The fraction of sp³-hybridized carbons (Fsp3) is 1.00. The summed E-state index contributed by atoms with van der Waals surface area (Å²) in [5.41, 5.74) is 5.74. The third-order valence-corrected chi connectivity index (χ3v) is 2.88. The highest BCUT2D eigenvalue weighted by Crippen LogP contribution is 2.19. The summed E-state index contributed by atoms with van der Waals surface area (Å²) in [6, 6.07) is 1.20. The fourth-order valence-electron chi connectivity index (χ4n) is 2.10. The molecule has 2 heterocycles. The molecule has 1 atom stereocenters. The average Bonchev–Trinajstić information content (AvgIpc) is 2.26. The number of nitrogens with two attached hydrogens (primary N) is 1. The second-order valence-electron chi connectivity index (χ2n) is 3.91. The second kappa shape index (κ2) is 3.73. The minimum Gasteiger partial charge on any atom is -0.381 e. The van der Waals surface area contributed by atoms with E-state index in [0.29, 0.717) is 6.04 Å². The predicted octanol–water partition coefficient (Wildman–Crippen LogP) is 0.198. The quantitative estimate of drug-likeness (QED) is 0.611. The van der Waals surface area contributed by atoms with Gasteiger partial charge in [0.1, 0.15) is 0 Å². The van der Waals surface area contributed by atoms with E-state index in [0.717, 1.165) is 32.3 Å². The van der Waals surface area contributed by atoms with Crippen LogP contribution in [0.2, 0.25) is 0 Å². The van der Waals surface area contributed by atoms with E-state index in [-0.39, 0.29) is 0 Å². The van der Waals surface area contributed by atoms with Crippen LogP contribution in [0.15, 0.2) is 0 Å². The monoisotopic (exact) mass is 170 g/mol. The van der Waals surface area contributed by atoms with Crippen molar-refractivity contribution in [2.45, 2.75) is 31.3 Å². The molecule has 2 rings (SSSR count). The minimum atomic E-state index is 0.439. The molecular formula is C9H18N2O. The van der Waals surface area contributed by atoms with Crippen molar-refractivity contribution in [3.05, 3.63) is 0 Å². The molecule has 0 spiro atoms. The summed E-state index contributed by atoms with van der Waals surface area (Å²) in [6.45, 7) is 4.10. The standard InChI is InChI=1S/C9H18N2O/c10-8-6-11(7-8)9-2-1-4-12-5-3-9/h8-9H,1-7,10H2. The van der Waals surface area contributed by atoms with Crippen LogP contribution in [0.1, 0.15) is 19.3 Å². The lowest BCUT2D eigenvalue weighted by molar-refractivity contribution is 0.0768. The number of rotatable bonds is 1. The molecule has 0 saturated carbocycles. The SMILES string of the molecule is NC1CN(C2CCCOCC2)C1. The lowest BCUT2D eigenvalue weighted by Gasteiger charge is -2.42. The summed E-state index contributed by atoms with van der Waals surface area (Å²) >= 11 is 0. The lowest BCUT2D eigenvalue weighted by Crippen LogP contribution is -2.59. The Bertz CT molecular complexity index is 137. The van der Waals surface area contributed by atoms with E-state index in [1.807, 2.05) is 0 Å². The van der Waals surface area contributed by atoms with Crippen molar-refractivity contribution in [2.75, 3.05) is 26.3 Å². The highest BCUT2D eigenvalue weighted by atomic mass is 16.5. The minimum absolute atomic E-state index is 0.439. The third-order valence-electron chi connectivity index (χ3n) is 2.88. The van der Waals surface area contributed by atoms with Gasteiger partial charge in [0.2, 0.25) is 0 Å². The van der Waals surface area contributed by atoms with Crippen molar-refractivity contribution in [2.24, 2.45) is 5.73 Å². The van der Waals surface area contributed by atoms with Crippen molar-refractivity contribution in [3.8, 4) is 0 Å². The van der Waals surface area contributed by atoms with Crippen molar-refractivity contribution in [1.29, 1.82) is 0 Å². The van der Waals surface area contributed by atoms with Gasteiger partial charge in [-0.1, -0.05) is 0 Å². The van der Waals surface area contributed by atoms with Gasteiger partial charge in [0.05, 0.1) is 0 Å². The molecule has 2 aliphatic rings. The third kappa shape index (κ3) is 1.79. The van der Waals surface area contributed by atoms with Gasteiger partial charge in [0, 0.05) is 38.4 Å². The van der Waals surface area contributed by atoms with Gasteiger partial charge in [0.15, 0.2) is 0 Å². The summed E-state index contributed by atoms with van der Waals surface area (Å²) < 4.78 is 5.41. The largest absolute Gasteiger partial charge is 0.381 e. The van der Waals surface area contributed by atoms with Crippen LogP contribution in [-0.2, 0) is 4.74 Å². The first-order chi connectivity index (χ1) is 5.86. The summed E-state index contributed by atoms with van der Waals surface area (Å²) in [5.74, 6) is 0. The number of likely N-dealkylation sites (tertiary alicyclic amines) is 1. The molecule has 0 bridgehead atoms. The molecule has 3 heteroatoms. The number of hydrogen-bond donors (Lipinski definition) is 1. The molecule has 3 nitrogen and oxygen atoms in total. The first-order valence-corrected chi connectivity index (χ1v) is 4.93. The Morgan fingerprint density at radius 1 is 1.17 bits per heavy atom. The summed E-state index contributed by atoms with van der Waals surface area (Å²) in [5, 5.41) is 0. The predicted molar refractivity (Wildman–Crippen MR) is 48.0 cm³/mol. The van der Waals surface area contributed by atoms with Gasteiger partial charge in [-0.3, -0.25) is 4.90 Å². The summed E-state index contributed by atoms with van der Waals surface area (Å²) in [6.07, 6.45) is 3.72. The topological polar surface area (TPSA) is 38.5 Å². The molecule has 2 N–H and O–H groups in total. The zero-order valence-electron chi connectivity index (χ0n) is 7.54. The summed E-state index contributed by atoms with van der Waals surface area (Å²) in [7, 11) is 0. The first-order valence-electron chi connectivity index (χ1n) is 4.93. The molecule has 0 radical (unpaired) electrons. The van der Waals surface area contributed by atoms with Gasteiger partial charge < -0.3 is 10.5 Å². The van der Waals surface area contributed by atoms with Crippen LogP contribution in [0.3, 0.4) is 0 Å². The van der Waals surface area contributed by atoms with Crippen molar-refractivity contribution >= 4 is 0 Å². The smallest absolute Gasteiger partial charge is 0.0480 e. The van der Waals surface area contributed by atoms with Gasteiger partial charge in [-0.2, -0.15) is 0 Å². The maximum atomic E-state index is 5.74. The normalized spacial score (nSPS) is 34.2. The van der Waals surface area contributed by atoms with Crippen LogP contribution in [0.5, 0.6) is 0 Å². The zero-order valence-corrected chi connectivity index (χ0v) is 7.54. The number of nitrogens with zero attached hydrogens (tertiary/aromatic N) is 1. The van der Waals surface area contributed by atoms with E-state index in [9.17, 15) is 0 Å². The van der Waals surface area contributed by atoms with Crippen molar-refractivity contribution in [1.82, 2.24) is 4.90 Å². The van der Waals surface area contributed by atoms with E-state index in [4.69, 9.17) is 10.5 Å². The molecule has 70 valence electrons. The van der Waals surface area contributed by atoms with Crippen LogP contribution in [0.4, 0.5) is 0 Å². The number of ether oxygens (including phenoxy) is 1. The van der Waals surface area contributed by atoms with Gasteiger partial charge in [-0.25, -0.2) is 0 Å². The van der Waals surface area contributed by atoms with E-state index in [2.05, 4.69) is 4.90 Å². The van der Waals surface area contributed by atoms with E-state index in [1.54, 1.807) is 0 Å². The maximum absolute atomic E-state index is 5.74. The number of hydrogen-bond acceptors (Lipinski definition) is 3. The maximum Gasteiger partial charge on any atom is 0.0480 e. The van der Waals surface area contributed by atoms with Gasteiger partial charge in [0.25, 0.3) is 0 Å². The van der Waals surface area contributed by atoms with Gasteiger partial charge in [-0.15, -0.1) is 0 Å². The fourth-order valence-corrected chi connectivity index (χ4v) is 2.10. The molecule has 2 aliphatic heterocycles. The molecule has 0 aromatic carbocycles. The Balaban J connectivity index is 1.78. The van der Waals surface area contributed by atoms with Gasteiger partial charge in [-0.05, 0) is 19.3 Å². The molecule has 0 aliphatic carbocycles.